The van der Waals surface area contributed by atoms with E-state index in [9.17, 15) is 14.4 Å². The fourth-order valence-electron chi connectivity index (χ4n) is 2.63. The van der Waals surface area contributed by atoms with Gasteiger partial charge in [-0.05, 0) is 30.4 Å². The van der Waals surface area contributed by atoms with Crippen molar-refractivity contribution in [2.24, 2.45) is 4.99 Å². The van der Waals surface area contributed by atoms with E-state index in [-0.39, 0.29) is 18.8 Å². The second kappa shape index (κ2) is 11.8. The Kier molecular flexibility index (Phi) is 9.07. The minimum absolute atomic E-state index is 0.162. The van der Waals surface area contributed by atoms with Gasteiger partial charge in [0.05, 0.1) is 25.1 Å². The minimum Gasteiger partial charge on any atom is -0.339 e. The lowest BCUT2D eigenvalue weighted by atomic mass is 10.0. The highest BCUT2D eigenvalue weighted by Crippen LogP contribution is 2.26. The standard InChI is InChI=1S/C20H28N4O6/c1-4-7-13-28-22-19(21-18-14(5-2)9-8-10-15(18)6-3)24-20(27)23-29-16(25)11-12-17(26)30-24/h8-10H,4-7,11-13H2,1-3H3,(H,21,22)(H,23,27). The summed E-state index contributed by atoms with van der Waals surface area (Å²) >= 11 is 0. The molecule has 164 valence electrons. The number of nitrogens with zero attached hydrogens (tertiary/aromatic N) is 2. The van der Waals surface area contributed by atoms with Crippen molar-refractivity contribution in [3.8, 4) is 0 Å². The van der Waals surface area contributed by atoms with Gasteiger partial charge >= 0.3 is 18.0 Å². The Morgan fingerprint density at radius 2 is 1.80 bits per heavy atom. The zero-order chi connectivity index (χ0) is 21.9. The number of amides is 2. The lowest BCUT2D eigenvalue weighted by Gasteiger charge is -2.22. The zero-order valence-electron chi connectivity index (χ0n) is 17.5. The van der Waals surface area contributed by atoms with Crippen molar-refractivity contribution in [2.75, 3.05) is 6.61 Å². The number of nitrogens with one attached hydrogen (secondary N) is 2. The number of hydrogen-bond acceptors (Lipinski definition) is 7. The third-order valence-corrected chi connectivity index (χ3v) is 4.30. The first-order chi connectivity index (χ1) is 14.5. The number of urea groups is 1. The highest BCUT2D eigenvalue weighted by atomic mass is 16.8. The number of carbonyl (C=O) groups excluding carboxylic acids is 3. The third-order valence-electron chi connectivity index (χ3n) is 4.30. The first-order valence-corrected chi connectivity index (χ1v) is 10.1. The minimum atomic E-state index is -1.00. The van der Waals surface area contributed by atoms with Crippen LogP contribution < -0.4 is 11.0 Å². The van der Waals surface area contributed by atoms with Gasteiger partial charge in [0.15, 0.2) is 0 Å². The molecule has 10 nitrogen and oxygen atoms in total. The number of aryl methyl sites for hydroxylation is 2. The van der Waals surface area contributed by atoms with Crippen LogP contribution >= 0.6 is 0 Å². The molecule has 2 N–H and O–H groups in total. The highest BCUT2D eigenvalue weighted by molar-refractivity contribution is 5.97. The second-order valence-electron chi connectivity index (χ2n) is 6.51. The van der Waals surface area contributed by atoms with Crippen LogP contribution in [0.5, 0.6) is 0 Å². The van der Waals surface area contributed by atoms with Crippen LogP contribution in [0.25, 0.3) is 0 Å². The normalized spacial score (nSPS) is 15.5. The van der Waals surface area contributed by atoms with Crippen molar-refractivity contribution in [3.05, 3.63) is 29.3 Å². The Morgan fingerprint density at radius 3 is 2.43 bits per heavy atom. The molecule has 0 saturated carbocycles. The lowest BCUT2D eigenvalue weighted by Crippen LogP contribution is -2.50. The van der Waals surface area contributed by atoms with Crippen LogP contribution in [0.15, 0.2) is 23.2 Å². The Labute approximate surface area is 175 Å². The molecule has 30 heavy (non-hydrogen) atoms. The van der Waals surface area contributed by atoms with Gasteiger partial charge in [0, 0.05) is 0 Å². The monoisotopic (exact) mass is 420 g/mol. The van der Waals surface area contributed by atoms with Crippen LogP contribution in [0, 0.1) is 0 Å². The maximum absolute atomic E-state index is 12.5. The van der Waals surface area contributed by atoms with Crippen LogP contribution in [0.3, 0.4) is 0 Å². The molecule has 10 heteroatoms. The number of benzene rings is 1. The van der Waals surface area contributed by atoms with Crippen molar-refractivity contribution in [3.63, 3.8) is 0 Å². The van der Waals surface area contributed by atoms with Gasteiger partial charge in [-0.2, -0.15) is 5.48 Å². The van der Waals surface area contributed by atoms with Gasteiger partial charge in [0.1, 0.15) is 0 Å². The molecule has 1 saturated heterocycles. The Bertz CT molecular complexity index is 773. The molecule has 1 aromatic carbocycles. The maximum Gasteiger partial charge on any atom is 0.391 e. The molecule has 1 aliphatic rings. The van der Waals surface area contributed by atoms with Crippen LogP contribution in [0.2, 0.25) is 0 Å². The van der Waals surface area contributed by atoms with Crippen LogP contribution in [-0.2, 0) is 36.9 Å². The first-order valence-electron chi connectivity index (χ1n) is 10.1. The molecule has 2 amide bonds. The van der Waals surface area contributed by atoms with Gasteiger partial charge in [0.2, 0.25) is 0 Å². The van der Waals surface area contributed by atoms with Crippen molar-refractivity contribution in [2.45, 2.75) is 59.3 Å². The Hall–Kier alpha value is -3.14. The molecular formula is C20H28N4O6. The SMILES string of the molecule is CCCCONC(=Nc1c(CC)cccc1CC)N1OC(=O)CCC(=O)ONC1=O. The number of hydrogen-bond donors (Lipinski definition) is 2. The molecule has 0 bridgehead atoms. The van der Waals surface area contributed by atoms with Crippen molar-refractivity contribution in [1.82, 2.24) is 16.0 Å². The summed E-state index contributed by atoms with van der Waals surface area (Å²) in [6.07, 6.45) is 2.62. The fraction of sp³-hybridized carbons (Fsp3) is 0.500. The van der Waals surface area contributed by atoms with Crippen LogP contribution in [0.1, 0.15) is 57.6 Å². The Morgan fingerprint density at radius 1 is 1.13 bits per heavy atom. The van der Waals surface area contributed by atoms with E-state index in [4.69, 9.17) is 9.68 Å². The second-order valence-corrected chi connectivity index (χ2v) is 6.51. The maximum atomic E-state index is 12.5. The van der Waals surface area contributed by atoms with Gasteiger partial charge in [0.25, 0.3) is 5.96 Å². The molecule has 0 spiro atoms. The summed E-state index contributed by atoms with van der Waals surface area (Å²) in [6, 6.07) is 4.80. The van der Waals surface area contributed by atoms with Gasteiger partial charge in [-0.25, -0.2) is 24.9 Å². The molecule has 0 atom stereocenters. The molecule has 1 aromatic rings. The zero-order valence-corrected chi connectivity index (χ0v) is 17.5. The van der Waals surface area contributed by atoms with Gasteiger partial charge in [-0.15, -0.1) is 0 Å². The smallest absolute Gasteiger partial charge is 0.339 e. The number of aliphatic imine (C=N–C) groups is 1. The summed E-state index contributed by atoms with van der Waals surface area (Å²) in [4.78, 5) is 55.9. The lowest BCUT2D eigenvalue weighted by molar-refractivity contribution is -0.166. The van der Waals surface area contributed by atoms with E-state index in [0.717, 1.165) is 24.0 Å². The summed E-state index contributed by atoms with van der Waals surface area (Å²) in [7, 11) is 0. The van der Waals surface area contributed by atoms with E-state index in [1.165, 1.54) is 0 Å². The summed E-state index contributed by atoms with van der Waals surface area (Å²) < 4.78 is 0. The topological polar surface area (TPSA) is 119 Å². The Balaban J connectivity index is 2.45. The number of hydroxylamine groups is 4. The fourth-order valence-corrected chi connectivity index (χ4v) is 2.63. The molecule has 0 radical (unpaired) electrons. The first kappa shape index (κ1) is 23.1. The number of rotatable bonds is 7. The summed E-state index contributed by atoms with van der Waals surface area (Å²) in [5.74, 6) is -1.70. The van der Waals surface area contributed by atoms with E-state index >= 15 is 0 Å². The highest BCUT2D eigenvalue weighted by Gasteiger charge is 2.29. The van der Waals surface area contributed by atoms with Crippen molar-refractivity contribution >= 4 is 29.6 Å². The molecule has 1 aliphatic heterocycles. The predicted molar refractivity (Wildman–Crippen MR) is 108 cm³/mol. The predicted octanol–water partition coefficient (Wildman–Crippen LogP) is 2.84. The van der Waals surface area contributed by atoms with Crippen molar-refractivity contribution < 1.29 is 28.9 Å². The molecule has 1 heterocycles. The summed E-state index contributed by atoms with van der Waals surface area (Å²) in [5, 5.41) is 0.596. The molecule has 0 unspecified atom stereocenters. The number of guanidine groups is 1. The van der Waals surface area contributed by atoms with E-state index in [0.29, 0.717) is 30.2 Å². The van der Waals surface area contributed by atoms with Crippen LogP contribution in [0.4, 0.5) is 10.5 Å². The molecule has 0 aromatic heterocycles. The summed E-state index contributed by atoms with van der Waals surface area (Å²) in [5.41, 5.74) is 7.10. The average molecular weight is 420 g/mol. The number of unbranched alkanes of at least 4 members (excludes halogenated alkanes) is 1. The number of carbonyl (C=O) groups is 3. The van der Waals surface area contributed by atoms with Gasteiger partial charge in [-0.1, -0.05) is 50.5 Å². The van der Waals surface area contributed by atoms with E-state index in [2.05, 4.69) is 15.3 Å². The van der Waals surface area contributed by atoms with Gasteiger partial charge in [-0.3, -0.25) is 4.84 Å². The number of para-hydroxylation sites is 1. The quantitative estimate of drug-likeness (QED) is 0.301. The van der Waals surface area contributed by atoms with E-state index in [1.807, 2.05) is 44.5 Å². The third kappa shape index (κ3) is 6.45. The summed E-state index contributed by atoms with van der Waals surface area (Å²) in [6.45, 7) is 6.34. The van der Waals surface area contributed by atoms with Gasteiger partial charge < -0.3 is 9.68 Å². The van der Waals surface area contributed by atoms with E-state index < -0.39 is 18.0 Å². The molecule has 2 rings (SSSR count). The van der Waals surface area contributed by atoms with E-state index in [1.54, 1.807) is 0 Å². The largest absolute Gasteiger partial charge is 0.391 e. The van der Waals surface area contributed by atoms with Crippen molar-refractivity contribution in [1.29, 1.82) is 0 Å². The average Bonchev–Trinajstić information content (AvgIpc) is 2.81. The molecule has 0 aliphatic carbocycles. The molecule has 1 fully saturated rings. The van der Waals surface area contributed by atoms with Crippen LogP contribution in [-0.4, -0.2) is 35.6 Å². The molecular weight excluding hydrogens is 392 g/mol.